The lowest BCUT2D eigenvalue weighted by Gasteiger charge is -2.36. The molecule has 0 aromatic carbocycles. The maximum absolute atomic E-state index is 4.58. The minimum atomic E-state index is 0. The zero-order valence-electron chi connectivity index (χ0n) is 13.9. The van der Waals surface area contributed by atoms with Crippen molar-refractivity contribution in [2.45, 2.75) is 19.9 Å². The van der Waals surface area contributed by atoms with E-state index in [2.05, 4.69) is 53.9 Å². The van der Waals surface area contributed by atoms with Crippen molar-refractivity contribution < 1.29 is 0 Å². The molecule has 6 nitrogen and oxygen atoms in total. The van der Waals surface area contributed by atoms with Gasteiger partial charge in [0.15, 0.2) is 5.96 Å². The van der Waals surface area contributed by atoms with E-state index in [0.29, 0.717) is 0 Å². The Kier molecular flexibility index (Phi) is 7.69. The summed E-state index contributed by atoms with van der Waals surface area (Å²) in [6, 6.07) is 4.22. The molecule has 0 bridgehead atoms. The Morgan fingerprint density at radius 3 is 2.71 bits per heavy atom. The first-order valence-electron chi connectivity index (χ1n) is 7.85. The standard InChI is InChI=1S/C15H22N6S2.HI/c1-3-13-18-15(23-19-13)21-8-6-20(7-9-21)14(16-2)17-11-12-5-4-10-22-12;/h4-5,10H,3,6-9,11H2,1-2H3,(H,16,17);1H. The largest absolute Gasteiger partial charge is 0.351 e. The van der Waals surface area contributed by atoms with Crippen molar-refractivity contribution in [1.29, 1.82) is 0 Å². The van der Waals surface area contributed by atoms with E-state index in [9.17, 15) is 0 Å². The minimum Gasteiger partial charge on any atom is -0.351 e. The van der Waals surface area contributed by atoms with Crippen molar-refractivity contribution in [2.75, 3.05) is 38.1 Å². The number of piperazine rings is 1. The Labute approximate surface area is 168 Å². The van der Waals surface area contributed by atoms with Gasteiger partial charge in [0.05, 0.1) is 6.54 Å². The third-order valence-corrected chi connectivity index (χ3v) is 5.53. The highest BCUT2D eigenvalue weighted by molar-refractivity contribution is 14.0. The molecular weight excluding hydrogens is 455 g/mol. The molecular formula is C15H23IN6S2. The molecule has 0 amide bonds. The Hall–Kier alpha value is -0.940. The van der Waals surface area contributed by atoms with Crippen LogP contribution in [0, 0.1) is 0 Å². The van der Waals surface area contributed by atoms with E-state index < -0.39 is 0 Å². The van der Waals surface area contributed by atoms with Crippen LogP contribution < -0.4 is 10.2 Å². The van der Waals surface area contributed by atoms with Crippen LogP contribution in [0.15, 0.2) is 22.5 Å². The van der Waals surface area contributed by atoms with Crippen LogP contribution in [0.5, 0.6) is 0 Å². The first kappa shape index (κ1) is 19.4. The molecule has 3 rings (SSSR count). The second-order valence-corrected chi connectivity index (χ2v) is 7.06. The predicted octanol–water partition coefficient (Wildman–Crippen LogP) is 2.68. The number of rotatable bonds is 4. The highest BCUT2D eigenvalue weighted by Gasteiger charge is 2.21. The lowest BCUT2D eigenvalue weighted by atomic mass is 10.3. The Balaban J connectivity index is 0.00000208. The van der Waals surface area contributed by atoms with Crippen LogP contribution in [0.4, 0.5) is 5.13 Å². The molecule has 132 valence electrons. The fraction of sp³-hybridized carbons (Fsp3) is 0.533. The first-order valence-corrected chi connectivity index (χ1v) is 9.51. The van der Waals surface area contributed by atoms with E-state index in [0.717, 1.165) is 56.1 Å². The Morgan fingerprint density at radius 2 is 2.12 bits per heavy atom. The summed E-state index contributed by atoms with van der Waals surface area (Å²) < 4.78 is 4.38. The van der Waals surface area contributed by atoms with Gasteiger partial charge in [0.1, 0.15) is 5.82 Å². The number of aryl methyl sites for hydroxylation is 1. The van der Waals surface area contributed by atoms with Gasteiger partial charge in [0, 0.05) is 56.1 Å². The van der Waals surface area contributed by atoms with Crippen LogP contribution in [0.2, 0.25) is 0 Å². The molecule has 2 aromatic rings. The number of aromatic nitrogens is 2. The second kappa shape index (κ2) is 9.52. The van der Waals surface area contributed by atoms with E-state index in [4.69, 9.17) is 0 Å². The zero-order valence-corrected chi connectivity index (χ0v) is 17.9. The maximum Gasteiger partial charge on any atom is 0.205 e. The molecule has 1 aliphatic rings. The van der Waals surface area contributed by atoms with Gasteiger partial charge in [-0.15, -0.1) is 35.3 Å². The Bertz CT molecular complexity index is 634. The average Bonchev–Trinajstić information content (AvgIpc) is 3.27. The lowest BCUT2D eigenvalue weighted by molar-refractivity contribution is 0.372. The lowest BCUT2D eigenvalue weighted by Crippen LogP contribution is -2.52. The summed E-state index contributed by atoms with van der Waals surface area (Å²) >= 11 is 3.27. The van der Waals surface area contributed by atoms with E-state index in [-0.39, 0.29) is 24.0 Å². The fourth-order valence-electron chi connectivity index (χ4n) is 2.54. The molecule has 0 radical (unpaired) electrons. The normalized spacial score (nSPS) is 15.3. The van der Waals surface area contributed by atoms with Gasteiger partial charge in [0.25, 0.3) is 0 Å². The highest BCUT2D eigenvalue weighted by atomic mass is 127. The van der Waals surface area contributed by atoms with Crippen LogP contribution in [0.25, 0.3) is 0 Å². The van der Waals surface area contributed by atoms with Crippen molar-refractivity contribution in [1.82, 2.24) is 19.6 Å². The molecule has 0 aliphatic carbocycles. The minimum absolute atomic E-state index is 0. The number of thiophene rings is 1. The number of nitrogens with one attached hydrogen (secondary N) is 1. The SMILES string of the molecule is CCc1nsc(N2CCN(C(=NC)NCc3cccs3)CC2)n1.I. The highest BCUT2D eigenvalue weighted by Crippen LogP contribution is 2.19. The van der Waals surface area contributed by atoms with Gasteiger partial charge in [-0.25, -0.2) is 4.98 Å². The summed E-state index contributed by atoms with van der Waals surface area (Å²) in [6.07, 6.45) is 0.899. The first-order chi connectivity index (χ1) is 11.3. The molecule has 1 aliphatic heterocycles. The molecule has 0 atom stereocenters. The Morgan fingerprint density at radius 1 is 1.33 bits per heavy atom. The van der Waals surface area contributed by atoms with Gasteiger partial charge >= 0.3 is 0 Å². The van der Waals surface area contributed by atoms with Crippen LogP contribution in [-0.2, 0) is 13.0 Å². The molecule has 1 fully saturated rings. The molecule has 24 heavy (non-hydrogen) atoms. The van der Waals surface area contributed by atoms with Crippen molar-refractivity contribution in [3.63, 3.8) is 0 Å². The van der Waals surface area contributed by atoms with Gasteiger partial charge < -0.3 is 15.1 Å². The molecule has 0 saturated carbocycles. The molecule has 9 heteroatoms. The summed E-state index contributed by atoms with van der Waals surface area (Å²) in [5.41, 5.74) is 0. The van der Waals surface area contributed by atoms with E-state index in [1.165, 1.54) is 16.4 Å². The number of anilines is 1. The van der Waals surface area contributed by atoms with E-state index in [1.807, 2.05) is 7.05 Å². The third kappa shape index (κ3) is 4.79. The third-order valence-electron chi connectivity index (χ3n) is 3.84. The summed E-state index contributed by atoms with van der Waals surface area (Å²) in [6.45, 7) is 6.74. The molecule has 3 heterocycles. The van der Waals surface area contributed by atoms with E-state index >= 15 is 0 Å². The maximum atomic E-state index is 4.58. The number of nitrogens with zero attached hydrogens (tertiary/aromatic N) is 5. The van der Waals surface area contributed by atoms with Crippen LogP contribution >= 0.6 is 46.8 Å². The second-order valence-electron chi connectivity index (χ2n) is 5.30. The zero-order chi connectivity index (χ0) is 16.1. The van der Waals surface area contributed by atoms with Crippen molar-refractivity contribution >= 4 is 57.9 Å². The van der Waals surface area contributed by atoms with Gasteiger partial charge in [-0.1, -0.05) is 13.0 Å². The monoisotopic (exact) mass is 478 g/mol. The smallest absolute Gasteiger partial charge is 0.205 e. The van der Waals surface area contributed by atoms with Crippen LogP contribution in [0.1, 0.15) is 17.6 Å². The number of hydrogen-bond acceptors (Lipinski definition) is 6. The van der Waals surface area contributed by atoms with Gasteiger partial charge in [-0.3, -0.25) is 4.99 Å². The molecule has 1 saturated heterocycles. The van der Waals surface area contributed by atoms with Crippen molar-refractivity contribution in [3.05, 3.63) is 28.2 Å². The molecule has 1 N–H and O–H groups in total. The van der Waals surface area contributed by atoms with Crippen LogP contribution in [0.3, 0.4) is 0 Å². The quantitative estimate of drug-likeness (QED) is 0.416. The summed E-state index contributed by atoms with van der Waals surface area (Å²) in [4.78, 5) is 15.0. The average molecular weight is 478 g/mol. The van der Waals surface area contributed by atoms with E-state index in [1.54, 1.807) is 11.3 Å². The number of guanidine groups is 1. The topological polar surface area (TPSA) is 56.7 Å². The number of hydrogen-bond donors (Lipinski definition) is 1. The summed E-state index contributed by atoms with van der Waals surface area (Å²) in [5.74, 6) is 1.92. The predicted molar refractivity (Wildman–Crippen MR) is 113 cm³/mol. The molecule has 0 unspecified atom stereocenters. The number of aliphatic imine (C=N–C) groups is 1. The van der Waals surface area contributed by atoms with Crippen LogP contribution in [-0.4, -0.2) is 53.4 Å². The van der Waals surface area contributed by atoms with Gasteiger partial charge in [-0.2, -0.15) is 4.37 Å². The van der Waals surface area contributed by atoms with Gasteiger partial charge in [0.2, 0.25) is 5.13 Å². The van der Waals surface area contributed by atoms with Gasteiger partial charge in [-0.05, 0) is 11.4 Å². The summed E-state index contributed by atoms with van der Waals surface area (Å²) in [7, 11) is 1.85. The fourth-order valence-corrected chi connectivity index (χ4v) is 3.98. The van der Waals surface area contributed by atoms with Crippen molar-refractivity contribution in [2.24, 2.45) is 4.99 Å². The van der Waals surface area contributed by atoms with Crippen molar-refractivity contribution in [3.8, 4) is 0 Å². The summed E-state index contributed by atoms with van der Waals surface area (Å²) in [5, 5.41) is 6.60. The molecule has 0 spiro atoms. The molecule has 2 aromatic heterocycles. The number of halogens is 1.